The van der Waals surface area contributed by atoms with Crippen molar-refractivity contribution in [1.82, 2.24) is 4.31 Å². The molecule has 1 N–H and O–H groups in total. The number of amides is 1. The van der Waals surface area contributed by atoms with Crippen LogP contribution in [0.25, 0.3) is 0 Å². The normalized spacial score (nSPS) is 27.4. The molecule has 1 aliphatic carbocycles. The third kappa shape index (κ3) is 1.64. The molecule has 0 bridgehead atoms. The van der Waals surface area contributed by atoms with Gasteiger partial charge in [-0.25, -0.2) is 12.7 Å². The van der Waals surface area contributed by atoms with Gasteiger partial charge in [0.1, 0.15) is 0 Å². The molecular formula is C10H15NO5S. The Bertz CT molecular complexity index is 489. The maximum absolute atomic E-state index is 11.8. The van der Waals surface area contributed by atoms with E-state index in [1.807, 2.05) is 0 Å². The van der Waals surface area contributed by atoms with Crippen LogP contribution >= 0.6 is 0 Å². The van der Waals surface area contributed by atoms with Crippen LogP contribution in [0.2, 0.25) is 0 Å². The number of aliphatic carboxylic acids is 1. The molecule has 0 spiro atoms. The zero-order valence-electron chi connectivity index (χ0n) is 9.76. The molecular weight excluding hydrogens is 246 g/mol. The number of carbonyl (C=O) groups is 2. The quantitative estimate of drug-likeness (QED) is 0.780. The zero-order valence-corrected chi connectivity index (χ0v) is 10.6. The van der Waals surface area contributed by atoms with Crippen molar-refractivity contribution in [3.05, 3.63) is 0 Å². The van der Waals surface area contributed by atoms with Gasteiger partial charge in [-0.3, -0.25) is 9.59 Å². The van der Waals surface area contributed by atoms with Gasteiger partial charge in [0.2, 0.25) is 0 Å². The van der Waals surface area contributed by atoms with Crippen LogP contribution in [0.5, 0.6) is 0 Å². The fourth-order valence-electron chi connectivity index (χ4n) is 2.11. The monoisotopic (exact) mass is 261 g/mol. The van der Waals surface area contributed by atoms with E-state index in [2.05, 4.69) is 0 Å². The van der Waals surface area contributed by atoms with Crippen molar-refractivity contribution in [3.63, 3.8) is 0 Å². The van der Waals surface area contributed by atoms with E-state index in [0.29, 0.717) is 12.8 Å². The molecule has 6 nitrogen and oxygen atoms in total. The van der Waals surface area contributed by atoms with E-state index in [1.165, 1.54) is 13.8 Å². The van der Waals surface area contributed by atoms with Gasteiger partial charge in [0, 0.05) is 6.54 Å². The smallest absolute Gasteiger partial charge is 0.303 e. The van der Waals surface area contributed by atoms with Crippen molar-refractivity contribution in [2.45, 2.75) is 37.9 Å². The highest BCUT2D eigenvalue weighted by Crippen LogP contribution is 2.51. The molecule has 96 valence electrons. The zero-order chi connectivity index (χ0) is 13.1. The Hall–Kier alpha value is -1.11. The molecule has 1 aliphatic heterocycles. The van der Waals surface area contributed by atoms with E-state index in [-0.39, 0.29) is 13.0 Å². The molecule has 0 atom stereocenters. The minimum absolute atomic E-state index is 0.0178. The second kappa shape index (κ2) is 3.22. The van der Waals surface area contributed by atoms with Crippen molar-refractivity contribution < 1.29 is 23.1 Å². The van der Waals surface area contributed by atoms with Gasteiger partial charge in [0.25, 0.3) is 15.9 Å². The van der Waals surface area contributed by atoms with E-state index < -0.39 is 32.1 Å². The molecule has 2 rings (SSSR count). The molecule has 0 aromatic heterocycles. The van der Waals surface area contributed by atoms with Gasteiger partial charge in [-0.15, -0.1) is 0 Å². The number of carboxylic acids is 1. The molecule has 0 aromatic rings. The number of nitrogens with zero attached hydrogens (tertiary/aromatic N) is 1. The van der Waals surface area contributed by atoms with Crippen LogP contribution in [-0.2, 0) is 19.6 Å². The molecule has 1 amide bonds. The van der Waals surface area contributed by atoms with Crippen molar-refractivity contribution in [2.75, 3.05) is 6.54 Å². The summed E-state index contributed by atoms with van der Waals surface area (Å²) in [5.74, 6) is -1.39. The third-order valence-electron chi connectivity index (χ3n) is 3.64. The standard InChI is InChI=1S/C10H15NO5S/c1-9(2)8(14)11(17(9,15)16)6-10(3-4-10)5-7(12)13/h3-6H2,1-2H3,(H,12,13). The number of hydrogen-bond acceptors (Lipinski definition) is 4. The molecule has 2 aliphatic rings. The lowest BCUT2D eigenvalue weighted by molar-refractivity contribution is -0.140. The summed E-state index contributed by atoms with van der Waals surface area (Å²) in [4.78, 5) is 22.3. The highest BCUT2D eigenvalue weighted by molar-refractivity contribution is 7.94. The van der Waals surface area contributed by atoms with Crippen molar-refractivity contribution in [1.29, 1.82) is 0 Å². The van der Waals surface area contributed by atoms with Gasteiger partial charge in [0.15, 0.2) is 4.75 Å². The Morgan fingerprint density at radius 2 is 1.94 bits per heavy atom. The molecule has 1 heterocycles. The van der Waals surface area contributed by atoms with Gasteiger partial charge in [0.05, 0.1) is 6.42 Å². The summed E-state index contributed by atoms with van der Waals surface area (Å²) in [6.07, 6.45) is 1.25. The number of carbonyl (C=O) groups excluding carboxylic acids is 1. The first-order chi connectivity index (χ1) is 7.62. The van der Waals surface area contributed by atoms with Crippen LogP contribution in [-0.4, -0.2) is 41.0 Å². The molecule has 0 unspecified atom stereocenters. The lowest BCUT2D eigenvalue weighted by Crippen LogP contribution is -2.68. The molecule has 2 fully saturated rings. The molecule has 7 heteroatoms. The van der Waals surface area contributed by atoms with E-state index in [0.717, 1.165) is 4.31 Å². The van der Waals surface area contributed by atoms with Gasteiger partial charge >= 0.3 is 5.97 Å². The maximum atomic E-state index is 11.8. The summed E-state index contributed by atoms with van der Waals surface area (Å²) in [5.41, 5.74) is -0.523. The van der Waals surface area contributed by atoms with Crippen molar-refractivity contribution in [3.8, 4) is 0 Å². The Labute approximate surface area is 99.6 Å². The highest BCUT2D eigenvalue weighted by Gasteiger charge is 2.63. The van der Waals surface area contributed by atoms with E-state index >= 15 is 0 Å². The van der Waals surface area contributed by atoms with E-state index in [1.54, 1.807) is 0 Å². The second-order valence-electron chi connectivity index (χ2n) is 5.40. The maximum Gasteiger partial charge on any atom is 0.303 e. The van der Waals surface area contributed by atoms with Gasteiger partial charge in [-0.2, -0.15) is 0 Å². The summed E-state index contributed by atoms with van der Waals surface area (Å²) in [6, 6.07) is 0. The van der Waals surface area contributed by atoms with Crippen LogP contribution < -0.4 is 0 Å². The first kappa shape index (κ1) is 12.3. The first-order valence-electron chi connectivity index (χ1n) is 5.41. The summed E-state index contributed by atoms with van der Waals surface area (Å²) in [5, 5.41) is 8.74. The molecule has 17 heavy (non-hydrogen) atoms. The van der Waals surface area contributed by atoms with Gasteiger partial charge in [-0.05, 0) is 32.1 Å². The van der Waals surface area contributed by atoms with Crippen LogP contribution in [0.1, 0.15) is 33.1 Å². The average molecular weight is 261 g/mol. The lowest BCUT2D eigenvalue weighted by atomic mass is 10.0. The Balaban J connectivity index is 2.12. The summed E-state index contributed by atoms with van der Waals surface area (Å²) < 4.78 is 23.1. The first-order valence-corrected chi connectivity index (χ1v) is 6.85. The average Bonchev–Trinajstić information content (AvgIpc) is 2.92. The molecule has 0 aromatic carbocycles. The highest BCUT2D eigenvalue weighted by atomic mass is 32.2. The van der Waals surface area contributed by atoms with Crippen LogP contribution in [0, 0.1) is 5.41 Å². The fraction of sp³-hybridized carbons (Fsp3) is 0.800. The number of hydrogen-bond donors (Lipinski definition) is 1. The van der Waals surface area contributed by atoms with Crippen LogP contribution in [0.15, 0.2) is 0 Å². The van der Waals surface area contributed by atoms with Crippen molar-refractivity contribution in [2.24, 2.45) is 5.41 Å². The largest absolute Gasteiger partial charge is 0.481 e. The van der Waals surface area contributed by atoms with Gasteiger partial charge in [-0.1, -0.05) is 0 Å². The number of rotatable bonds is 4. The third-order valence-corrected chi connectivity index (χ3v) is 5.98. The number of sulfonamides is 1. The summed E-state index contributed by atoms with van der Waals surface area (Å²) in [7, 11) is -3.59. The minimum atomic E-state index is -3.59. The Kier molecular flexibility index (Phi) is 2.34. The lowest BCUT2D eigenvalue weighted by Gasteiger charge is -2.44. The minimum Gasteiger partial charge on any atom is -0.481 e. The fourth-order valence-corrected chi connectivity index (χ4v) is 3.75. The number of carboxylic acid groups (broad SMARTS) is 1. The summed E-state index contributed by atoms with van der Waals surface area (Å²) in [6.45, 7) is 2.76. The van der Waals surface area contributed by atoms with E-state index in [4.69, 9.17) is 5.11 Å². The van der Waals surface area contributed by atoms with Crippen LogP contribution in [0.4, 0.5) is 0 Å². The van der Waals surface area contributed by atoms with Gasteiger partial charge < -0.3 is 5.11 Å². The second-order valence-corrected chi connectivity index (χ2v) is 7.81. The Morgan fingerprint density at radius 1 is 1.41 bits per heavy atom. The SMILES string of the molecule is CC1(C)C(=O)N(CC2(CC(=O)O)CC2)S1(=O)=O. The predicted octanol–water partition coefficient (Wildman–Crippen LogP) is 0.192. The molecule has 0 radical (unpaired) electrons. The molecule has 1 saturated heterocycles. The topological polar surface area (TPSA) is 91.8 Å². The predicted molar refractivity (Wildman–Crippen MR) is 58.6 cm³/mol. The van der Waals surface area contributed by atoms with Crippen molar-refractivity contribution >= 4 is 21.9 Å². The van der Waals surface area contributed by atoms with E-state index in [9.17, 15) is 18.0 Å². The molecule has 1 saturated carbocycles. The van der Waals surface area contributed by atoms with Crippen LogP contribution in [0.3, 0.4) is 0 Å². The Morgan fingerprint density at radius 3 is 2.29 bits per heavy atom. The summed E-state index contributed by atoms with van der Waals surface area (Å²) >= 11 is 0.